The summed E-state index contributed by atoms with van der Waals surface area (Å²) in [6.07, 6.45) is 4.45. The molecule has 4 rings (SSSR count). The van der Waals surface area contributed by atoms with Gasteiger partial charge in [0.05, 0.1) is 4.90 Å². The monoisotopic (exact) mass is 475 g/mol. The average molecular weight is 476 g/mol. The molecule has 0 fully saturated rings. The molecule has 2 N–H and O–H groups in total. The Morgan fingerprint density at radius 2 is 2.09 bits per heavy atom. The van der Waals surface area contributed by atoms with Crippen LogP contribution >= 0.6 is 11.3 Å². The predicted octanol–water partition coefficient (Wildman–Crippen LogP) is 3.14. The van der Waals surface area contributed by atoms with E-state index in [1.807, 2.05) is 6.07 Å². The van der Waals surface area contributed by atoms with Gasteiger partial charge in [-0.25, -0.2) is 13.2 Å². The zero-order valence-corrected chi connectivity index (χ0v) is 19.4. The first kappa shape index (κ1) is 22.5. The summed E-state index contributed by atoms with van der Waals surface area (Å²) in [7, 11) is -3.79. The van der Waals surface area contributed by atoms with Gasteiger partial charge in [0.2, 0.25) is 0 Å². The first-order valence-corrected chi connectivity index (χ1v) is 12.8. The molecule has 1 atom stereocenters. The minimum atomic E-state index is -3.79. The van der Waals surface area contributed by atoms with Gasteiger partial charge < -0.3 is 10.1 Å². The fourth-order valence-electron chi connectivity index (χ4n) is 3.78. The van der Waals surface area contributed by atoms with Crippen LogP contribution in [0.25, 0.3) is 0 Å². The van der Waals surface area contributed by atoms with Gasteiger partial charge in [-0.05, 0) is 61.4 Å². The summed E-state index contributed by atoms with van der Waals surface area (Å²) in [6.45, 7) is 2.35. The Labute approximate surface area is 191 Å². The lowest BCUT2D eigenvalue weighted by Crippen LogP contribution is -2.29. The highest BCUT2D eigenvalue weighted by Gasteiger charge is 2.22. The summed E-state index contributed by atoms with van der Waals surface area (Å²) in [4.78, 5) is 30.5. The van der Waals surface area contributed by atoms with Gasteiger partial charge in [0.25, 0.3) is 15.9 Å². The van der Waals surface area contributed by atoms with E-state index in [0.717, 1.165) is 25.7 Å². The number of rotatable bonds is 6. The van der Waals surface area contributed by atoms with Gasteiger partial charge in [0.1, 0.15) is 10.7 Å². The van der Waals surface area contributed by atoms with Gasteiger partial charge in [0.15, 0.2) is 6.61 Å². The van der Waals surface area contributed by atoms with Crippen molar-refractivity contribution in [2.24, 2.45) is 10.9 Å². The number of amides is 1. The maximum Gasteiger partial charge on any atom is 0.348 e. The van der Waals surface area contributed by atoms with Crippen molar-refractivity contribution < 1.29 is 22.7 Å². The van der Waals surface area contributed by atoms with Crippen molar-refractivity contribution in [2.75, 3.05) is 18.5 Å². The van der Waals surface area contributed by atoms with Gasteiger partial charge in [0, 0.05) is 23.5 Å². The maximum atomic E-state index is 12.5. The van der Waals surface area contributed by atoms with Crippen molar-refractivity contribution in [2.45, 2.75) is 43.9 Å². The van der Waals surface area contributed by atoms with E-state index in [4.69, 9.17) is 4.74 Å². The lowest BCUT2D eigenvalue weighted by Gasteiger charge is -2.16. The van der Waals surface area contributed by atoms with E-state index in [2.05, 4.69) is 22.0 Å². The second kappa shape index (κ2) is 9.41. The molecule has 2 heterocycles. The molecule has 1 aromatic carbocycles. The van der Waals surface area contributed by atoms with Crippen LogP contribution in [0.15, 0.2) is 40.2 Å². The molecule has 8 nitrogen and oxygen atoms in total. The van der Waals surface area contributed by atoms with E-state index in [9.17, 15) is 18.0 Å². The molecule has 1 unspecified atom stereocenters. The maximum absolute atomic E-state index is 12.5. The molecule has 0 saturated heterocycles. The molecule has 1 aliphatic heterocycles. The van der Waals surface area contributed by atoms with Crippen molar-refractivity contribution in [1.29, 1.82) is 0 Å². The Hall–Kier alpha value is -2.72. The number of hydrogen-bond donors (Lipinski definition) is 2. The molecule has 170 valence electrons. The number of anilines is 1. The number of thiophene rings is 1. The van der Waals surface area contributed by atoms with Gasteiger partial charge in [-0.2, -0.15) is 0 Å². The van der Waals surface area contributed by atoms with Gasteiger partial charge in [-0.1, -0.05) is 13.0 Å². The summed E-state index contributed by atoms with van der Waals surface area (Å²) in [6, 6.07) is 7.76. The molecular formula is C22H25N3O5S2. The van der Waals surface area contributed by atoms with Crippen molar-refractivity contribution in [1.82, 2.24) is 4.72 Å². The number of aryl methyl sites for hydroxylation is 1. The third kappa shape index (κ3) is 5.36. The molecule has 1 aliphatic carbocycles. The Bertz CT molecular complexity index is 1170. The number of carbonyl (C=O) groups excluding carboxylic acids is 2. The second-order valence-corrected chi connectivity index (χ2v) is 10.9. The van der Waals surface area contributed by atoms with Gasteiger partial charge in [-0.15, -0.1) is 11.3 Å². The fraction of sp³-hybridized carbons (Fsp3) is 0.409. The number of benzene rings is 1. The van der Waals surface area contributed by atoms with Crippen LogP contribution in [0.5, 0.6) is 0 Å². The lowest BCUT2D eigenvalue weighted by molar-refractivity contribution is -0.119. The first-order chi connectivity index (χ1) is 15.3. The van der Waals surface area contributed by atoms with Crippen molar-refractivity contribution in [3.63, 3.8) is 0 Å². The minimum absolute atomic E-state index is 0.0142. The summed E-state index contributed by atoms with van der Waals surface area (Å²) < 4.78 is 32.7. The van der Waals surface area contributed by atoms with E-state index < -0.39 is 28.5 Å². The standard InChI is InChI=1S/C22H25N3O5S2/c1-14-7-8-18-15(10-14)11-19(31-18)22(27)30-13-21(26)24-16-4-2-5-17(12-16)32(28,29)25-20-6-3-9-23-20/h2,4-5,11-12,14H,3,6-10,13H2,1H3,(H,23,25)(H,24,26). The predicted molar refractivity (Wildman–Crippen MR) is 123 cm³/mol. The van der Waals surface area contributed by atoms with E-state index in [1.54, 1.807) is 6.07 Å². The third-order valence-corrected chi connectivity index (χ3v) is 8.02. The van der Waals surface area contributed by atoms with E-state index in [0.29, 0.717) is 35.3 Å². The smallest absolute Gasteiger partial charge is 0.348 e. The molecule has 0 bridgehead atoms. The number of hydrogen-bond acceptors (Lipinski definition) is 7. The summed E-state index contributed by atoms with van der Waals surface area (Å²) in [5.74, 6) is -0.0234. The molecule has 10 heteroatoms. The number of nitrogens with one attached hydrogen (secondary N) is 2. The Morgan fingerprint density at radius 1 is 1.25 bits per heavy atom. The summed E-state index contributed by atoms with van der Waals surface area (Å²) in [5.41, 5.74) is 1.49. The highest BCUT2D eigenvalue weighted by molar-refractivity contribution is 7.90. The summed E-state index contributed by atoms with van der Waals surface area (Å²) in [5, 5.41) is 2.57. The largest absolute Gasteiger partial charge is 0.451 e. The van der Waals surface area contributed by atoms with Crippen LogP contribution in [0.3, 0.4) is 0 Å². The molecule has 0 radical (unpaired) electrons. The fourth-order valence-corrected chi connectivity index (χ4v) is 6.02. The van der Waals surface area contributed by atoms with Crippen molar-refractivity contribution in [3.05, 3.63) is 45.6 Å². The third-order valence-electron chi connectivity index (χ3n) is 5.42. The molecule has 2 aromatic rings. The number of sulfonamides is 1. The Morgan fingerprint density at radius 3 is 2.88 bits per heavy atom. The number of ether oxygens (including phenoxy) is 1. The number of amidine groups is 1. The molecule has 0 saturated carbocycles. The van der Waals surface area contributed by atoms with E-state index in [-0.39, 0.29) is 4.90 Å². The molecular weight excluding hydrogens is 450 g/mol. The topological polar surface area (TPSA) is 114 Å². The molecule has 2 aliphatic rings. The highest BCUT2D eigenvalue weighted by Crippen LogP contribution is 2.32. The quantitative estimate of drug-likeness (QED) is 0.623. The Kier molecular flexibility index (Phi) is 6.61. The molecule has 0 spiro atoms. The van der Waals surface area contributed by atoms with Crippen LogP contribution in [-0.2, 0) is 32.4 Å². The molecule has 1 amide bonds. The number of nitrogens with zero attached hydrogens (tertiary/aromatic N) is 1. The van der Waals surface area contributed by atoms with E-state index >= 15 is 0 Å². The van der Waals surface area contributed by atoms with Crippen LogP contribution in [0.1, 0.15) is 46.3 Å². The second-order valence-electron chi connectivity index (χ2n) is 8.10. The van der Waals surface area contributed by atoms with Crippen molar-refractivity contribution in [3.8, 4) is 0 Å². The SMILES string of the molecule is CC1CCc2sc(C(=O)OCC(=O)Nc3cccc(S(=O)(=O)NC4=NCCC4)c3)cc2C1. The van der Waals surface area contributed by atoms with E-state index in [1.165, 1.54) is 40.0 Å². The highest BCUT2D eigenvalue weighted by atomic mass is 32.2. The minimum Gasteiger partial charge on any atom is -0.451 e. The first-order valence-electron chi connectivity index (χ1n) is 10.5. The van der Waals surface area contributed by atoms with Gasteiger partial charge in [-0.3, -0.25) is 14.5 Å². The van der Waals surface area contributed by atoms with Crippen LogP contribution in [0, 0.1) is 5.92 Å². The van der Waals surface area contributed by atoms with Crippen LogP contribution < -0.4 is 10.0 Å². The number of carbonyl (C=O) groups is 2. The zero-order chi connectivity index (χ0) is 22.7. The van der Waals surface area contributed by atoms with Crippen LogP contribution in [0.2, 0.25) is 0 Å². The number of aliphatic imine (C=N–C) groups is 1. The number of fused-ring (bicyclic) bond motifs is 1. The molecule has 1 aromatic heterocycles. The van der Waals surface area contributed by atoms with Gasteiger partial charge >= 0.3 is 5.97 Å². The van der Waals surface area contributed by atoms with Crippen LogP contribution in [0.4, 0.5) is 5.69 Å². The van der Waals surface area contributed by atoms with Crippen molar-refractivity contribution >= 4 is 44.8 Å². The average Bonchev–Trinajstić information content (AvgIpc) is 3.41. The Balaban J connectivity index is 1.33. The lowest BCUT2D eigenvalue weighted by atomic mass is 9.90. The summed E-state index contributed by atoms with van der Waals surface area (Å²) >= 11 is 1.43. The molecule has 32 heavy (non-hydrogen) atoms. The number of esters is 1. The zero-order valence-electron chi connectivity index (χ0n) is 17.7. The normalized spacial score (nSPS) is 17.9. The van der Waals surface area contributed by atoms with Crippen LogP contribution in [-0.4, -0.2) is 39.3 Å².